The maximum atomic E-state index is 11.4. The molecule has 28 heavy (non-hydrogen) atoms. The maximum absolute atomic E-state index is 11.4. The molecule has 3 rings (SSSR count). The molecule has 0 amide bonds. The summed E-state index contributed by atoms with van der Waals surface area (Å²) in [6.45, 7) is 6.44. The Morgan fingerprint density at radius 3 is 2.21 bits per heavy atom. The van der Waals surface area contributed by atoms with Gasteiger partial charge >= 0.3 is 0 Å². The van der Waals surface area contributed by atoms with E-state index in [-0.39, 0.29) is 0 Å². The Balaban J connectivity index is 1.90. The number of hydrogen-bond donors (Lipinski definition) is 1. The fraction of sp³-hybridized carbons (Fsp3) is 0.458. The van der Waals surface area contributed by atoms with Gasteiger partial charge in [-0.2, -0.15) is 0 Å². The minimum atomic E-state index is -0.420. The number of aliphatic hydroxyl groups is 1. The van der Waals surface area contributed by atoms with Crippen LogP contribution in [0.1, 0.15) is 18.9 Å². The summed E-state index contributed by atoms with van der Waals surface area (Å²) in [6, 6.07) is 10.4. The highest BCUT2D eigenvalue weighted by Crippen LogP contribution is 2.32. The lowest BCUT2D eigenvalue weighted by Gasteiger charge is -2.39. The van der Waals surface area contributed by atoms with E-state index in [0.717, 1.165) is 44.6 Å². The quantitative estimate of drug-likeness (QED) is 0.628. The number of piperazine rings is 1. The van der Waals surface area contributed by atoms with Crippen molar-refractivity contribution in [3.8, 4) is 0 Å². The Morgan fingerprint density at radius 2 is 1.68 bits per heavy atom. The van der Waals surface area contributed by atoms with Crippen LogP contribution in [-0.2, 0) is 6.42 Å². The Labute approximate surface area is 169 Å². The topological polar surface area (TPSA) is 29.7 Å². The van der Waals surface area contributed by atoms with Gasteiger partial charge in [-0.05, 0) is 51.7 Å². The Morgan fingerprint density at radius 1 is 1.07 bits per heavy atom. The summed E-state index contributed by atoms with van der Waals surface area (Å²) in [5.41, 5.74) is 2.96. The maximum Gasteiger partial charge on any atom is 0.200 e. The molecule has 1 saturated heterocycles. The summed E-state index contributed by atoms with van der Waals surface area (Å²) < 4.78 is 2.42. The van der Waals surface area contributed by atoms with Crippen LogP contribution in [0.3, 0.4) is 0 Å². The van der Waals surface area contributed by atoms with E-state index in [9.17, 15) is 5.11 Å². The molecule has 0 spiro atoms. The molecule has 1 aliphatic carbocycles. The molecule has 150 valence electrons. The third kappa shape index (κ3) is 4.29. The van der Waals surface area contributed by atoms with Gasteiger partial charge in [0.1, 0.15) is 5.76 Å². The molecular formula is C24H34N3O+. The molecule has 1 aromatic rings. The lowest BCUT2D eigenvalue weighted by atomic mass is 9.82. The highest BCUT2D eigenvalue weighted by Gasteiger charge is 2.37. The monoisotopic (exact) mass is 380 g/mol. The number of benzene rings is 1. The number of allylic oxidation sites excluding steroid dienone is 5. The van der Waals surface area contributed by atoms with Crippen molar-refractivity contribution in [1.82, 2.24) is 9.80 Å². The summed E-state index contributed by atoms with van der Waals surface area (Å²) in [5.74, 6) is 0.453. The van der Waals surface area contributed by atoms with Crippen LogP contribution in [0.2, 0.25) is 0 Å². The van der Waals surface area contributed by atoms with Crippen LogP contribution >= 0.6 is 0 Å². The van der Waals surface area contributed by atoms with Crippen molar-refractivity contribution in [2.24, 2.45) is 0 Å². The number of likely N-dealkylation sites (N-methyl/N-ethyl adjacent to an activating group) is 2. The average molecular weight is 381 g/mol. The zero-order valence-electron chi connectivity index (χ0n) is 17.7. The lowest BCUT2D eigenvalue weighted by Crippen LogP contribution is -2.48. The molecular weight excluding hydrogens is 346 g/mol. The second kappa shape index (κ2) is 8.89. The normalized spacial score (nSPS) is 20.0. The van der Waals surface area contributed by atoms with Crippen LogP contribution in [0.4, 0.5) is 0 Å². The molecule has 2 aliphatic rings. The van der Waals surface area contributed by atoms with Gasteiger partial charge in [-0.25, -0.2) is 4.58 Å². The summed E-state index contributed by atoms with van der Waals surface area (Å²) in [5, 5.41) is 11.4. The molecule has 4 nitrogen and oxygen atoms in total. The van der Waals surface area contributed by atoms with E-state index in [1.165, 1.54) is 11.3 Å². The van der Waals surface area contributed by atoms with Crippen molar-refractivity contribution < 1.29 is 9.68 Å². The zero-order chi connectivity index (χ0) is 20.1. The van der Waals surface area contributed by atoms with Crippen LogP contribution < -0.4 is 0 Å². The first-order chi connectivity index (χ1) is 13.5. The van der Waals surface area contributed by atoms with Gasteiger partial charge in [-0.1, -0.05) is 37.3 Å². The van der Waals surface area contributed by atoms with Crippen molar-refractivity contribution in [2.75, 3.05) is 47.3 Å². The van der Waals surface area contributed by atoms with Gasteiger partial charge in [-0.15, -0.1) is 0 Å². The first-order valence-corrected chi connectivity index (χ1v) is 10.3. The first kappa shape index (κ1) is 20.6. The van der Waals surface area contributed by atoms with E-state index in [0.29, 0.717) is 5.76 Å². The molecule has 1 fully saturated rings. The van der Waals surface area contributed by atoms with Crippen molar-refractivity contribution >= 4 is 5.71 Å². The van der Waals surface area contributed by atoms with Gasteiger partial charge in [0.2, 0.25) is 0 Å². The zero-order valence-corrected chi connectivity index (χ0v) is 17.7. The number of nitrogens with zero attached hydrogens (tertiary/aromatic N) is 3. The second-order valence-electron chi connectivity index (χ2n) is 8.13. The smallest absolute Gasteiger partial charge is 0.200 e. The van der Waals surface area contributed by atoms with Gasteiger partial charge < -0.3 is 5.11 Å². The lowest BCUT2D eigenvalue weighted by molar-refractivity contribution is -0.537. The number of aliphatic hydroxyl groups excluding tert-OH is 1. The van der Waals surface area contributed by atoms with E-state index in [1.807, 2.05) is 6.07 Å². The van der Waals surface area contributed by atoms with Gasteiger partial charge in [-0.3, -0.25) is 9.80 Å². The van der Waals surface area contributed by atoms with Gasteiger partial charge in [0.25, 0.3) is 0 Å². The fourth-order valence-corrected chi connectivity index (χ4v) is 4.16. The molecule has 1 unspecified atom stereocenters. The molecule has 1 aliphatic heterocycles. The van der Waals surface area contributed by atoms with Crippen molar-refractivity contribution in [3.05, 3.63) is 71.5 Å². The number of rotatable bonds is 5. The molecule has 1 aromatic carbocycles. The van der Waals surface area contributed by atoms with E-state index < -0.39 is 5.54 Å². The largest absolute Gasteiger partial charge is 0.510 e. The Hall–Kier alpha value is -2.17. The molecule has 0 radical (unpaired) electrons. The summed E-state index contributed by atoms with van der Waals surface area (Å²) >= 11 is 0. The molecule has 1 N–H and O–H groups in total. The van der Waals surface area contributed by atoms with Crippen molar-refractivity contribution in [3.63, 3.8) is 0 Å². The van der Waals surface area contributed by atoms with E-state index in [4.69, 9.17) is 0 Å². The Kier molecular flexibility index (Phi) is 6.53. The predicted molar refractivity (Wildman–Crippen MR) is 117 cm³/mol. The second-order valence-corrected chi connectivity index (χ2v) is 8.13. The highest BCUT2D eigenvalue weighted by molar-refractivity contribution is 6.02. The minimum Gasteiger partial charge on any atom is -0.510 e. The van der Waals surface area contributed by atoms with E-state index in [2.05, 4.69) is 91.0 Å². The standard InChI is InChI=1S/C24H33N3O/c1-5-24(25(2)3,19-20-9-7-6-8-10-20)23(28)21-11-13-22(14-12-21)27-17-15-26(4)16-18-27/h6-14H,5,15-19H2,1-4H3/p+1. The first-order valence-electron chi connectivity index (χ1n) is 10.3. The summed E-state index contributed by atoms with van der Waals surface area (Å²) in [4.78, 5) is 4.52. The third-order valence-electron chi connectivity index (χ3n) is 6.23. The SMILES string of the molecule is CCC(Cc1ccccc1)(C(O)=C1C=CC(=[N+]2CCN(C)CC2)C=C1)N(C)C. The van der Waals surface area contributed by atoms with Crippen LogP contribution in [0.5, 0.6) is 0 Å². The molecule has 1 atom stereocenters. The molecule has 1 heterocycles. The van der Waals surface area contributed by atoms with Crippen molar-refractivity contribution in [1.29, 1.82) is 0 Å². The van der Waals surface area contributed by atoms with E-state index >= 15 is 0 Å². The number of hydrogen-bond acceptors (Lipinski definition) is 3. The average Bonchev–Trinajstić information content (AvgIpc) is 2.73. The van der Waals surface area contributed by atoms with Crippen LogP contribution in [0, 0.1) is 0 Å². The molecule has 0 bridgehead atoms. The molecule has 0 saturated carbocycles. The Bertz CT molecular complexity index is 776. The highest BCUT2D eigenvalue weighted by atomic mass is 16.3. The predicted octanol–water partition coefficient (Wildman–Crippen LogP) is 3.28. The van der Waals surface area contributed by atoms with Gasteiger partial charge in [0.15, 0.2) is 18.8 Å². The van der Waals surface area contributed by atoms with E-state index in [1.54, 1.807) is 0 Å². The fourth-order valence-electron chi connectivity index (χ4n) is 4.16. The molecule has 0 aromatic heterocycles. The van der Waals surface area contributed by atoms with Gasteiger partial charge in [0.05, 0.1) is 18.6 Å². The van der Waals surface area contributed by atoms with Crippen molar-refractivity contribution in [2.45, 2.75) is 25.3 Å². The van der Waals surface area contributed by atoms with Crippen LogP contribution in [-0.4, -0.2) is 78.1 Å². The summed E-state index contributed by atoms with van der Waals surface area (Å²) in [6.07, 6.45) is 10.1. The van der Waals surface area contributed by atoms with Crippen LogP contribution in [0.15, 0.2) is 66.0 Å². The van der Waals surface area contributed by atoms with Crippen LogP contribution in [0.25, 0.3) is 0 Å². The summed E-state index contributed by atoms with van der Waals surface area (Å²) in [7, 11) is 6.29. The minimum absolute atomic E-state index is 0.420. The third-order valence-corrected chi connectivity index (χ3v) is 6.23. The van der Waals surface area contributed by atoms with Gasteiger partial charge in [0, 0.05) is 17.7 Å². The molecule has 4 heteroatoms.